The van der Waals surface area contributed by atoms with Gasteiger partial charge in [0.05, 0.1) is 0 Å². The summed E-state index contributed by atoms with van der Waals surface area (Å²) in [7, 11) is 0. The Balaban J connectivity index is 1.80. The Labute approximate surface area is 103 Å². The van der Waals surface area contributed by atoms with Gasteiger partial charge >= 0.3 is 0 Å². The SMILES string of the molecule is CC(Cl)C(=O)N1CCN(C2CCCC2)CC1. The minimum absolute atomic E-state index is 0.0905. The fourth-order valence-corrected chi connectivity index (χ4v) is 2.97. The monoisotopic (exact) mass is 244 g/mol. The third-order valence-corrected chi connectivity index (χ3v) is 3.99. The van der Waals surface area contributed by atoms with Crippen molar-refractivity contribution in [1.82, 2.24) is 9.80 Å². The highest BCUT2D eigenvalue weighted by atomic mass is 35.5. The maximum absolute atomic E-state index is 11.7. The summed E-state index contributed by atoms with van der Waals surface area (Å²) in [5.41, 5.74) is 0. The van der Waals surface area contributed by atoms with Crippen molar-refractivity contribution in [2.24, 2.45) is 0 Å². The van der Waals surface area contributed by atoms with Gasteiger partial charge in [-0.05, 0) is 19.8 Å². The first-order valence-corrected chi connectivity index (χ1v) is 6.79. The smallest absolute Gasteiger partial charge is 0.240 e. The van der Waals surface area contributed by atoms with Crippen molar-refractivity contribution in [3.63, 3.8) is 0 Å². The molecule has 1 saturated carbocycles. The van der Waals surface area contributed by atoms with Crippen LogP contribution in [0, 0.1) is 0 Å². The molecule has 2 fully saturated rings. The zero-order valence-electron chi connectivity index (χ0n) is 9.99. The van der Waals surface area contributed by atoms with E-state index in [0.29, 0.717) is 0 Å². The molecule has 1 atom stereocenters. The first-order chi connectivity index (χ1) is 7.68. The van der Waals surface area contributed by atoms with Gasteiger partial charge in [0.25, 0.3) is 0 Å². The standard InChI is InChI=1S/C12H21ClN2O/c1-10(13)12(16)15-8-6-14(7-9-15)11-4-2-3-5-11/h10-11H,2-9H2,1H3. The van der Waals surface area contributed by atoms with E-state index in [0.717, 1.165) is 32.2 Å². The zero-order valence-corrected chi connectivity index (χ0v) is 10.7. The van der Waals surface area contributed by atoms with Crippen LogP contribution in [0.1, 0.15) is 32.6 Å². The largest absolute Gasteiger partial charge is 0.339 e. The Morgan fingerprint density at radius 3 is 2.25 bits per heavy atom. The Hall–Kier alpha value is -0.280. The molecular weight excluding hydrogens is 224 g/mol. The lowest BCUT2D eigenvalue weighted by atomic mass is 10.2. The predicted octanol–water partition coefficient (Wildman–Crippen LogP) is 1.70. The Bertz CT molecular complexity index is 243. The number of alkyl halides is 1. The van der Waals surface area contributed by atoms with Gasteiger partial charge in [-0.15, -0.1) is 11.6 Å². The highest BCUT2D eigenvalue weighted by Gasteiger charge is 2.28. The van der Waals surface area contributed by atoms with E-state index in [1.54, 1.807) is 6.92 Å². The molecule has 0 aromatic rings. The second kappa shape index (κ2) is 5.37. The summed E-state index contributed by atoms with van der Waals surface area (Å²) >= 11 is 5.82. The van der Waals surface area contributed by atoms with Crippen LogP contribution in [-0.2, 0) is 4.79 Å². The van der Waals surface area contributed by atoms with E-state index >= 15 is 0 Å². The van der Waals surface area contributed by atoms with E-state index in [1.165, 1.54) is 25.7 Å². The molecule has 0 aromatic carbocycles. The lowest BCUT2D eigenvalue weighted by Crippen LogP contribution is -2.52. The van der Waals surface area contributed by atoms with Gasteiger partial charge in [0.1, 0.15) is 5.38 Å². The second-order valence-corrected chi connectivity index (χ2v) is 5.57. The lowest BCUT2D eigenvalue weighted by Gasteiger charge is -2.38. The van der Waals surface area contributed by atoms with Crippen LogP contribution in [0.3, 0.4) is 0 Å². The van der Waals surface area contributed by atoms with E-state index in [4.69, 9.17) is 11.6 Å². The van der Waals surface area contributed by atoms with Crippen LogP contribution < -0.4 is 0 Å². The molecule has 0 aromatic heterocycles. The summed E-state index contributed by atoms with van der Waals surface area (Å²) < 4.78 is 0. The second-order valence-electron chi connectivity index (χ2n) is 4.92. The fraction of sp³-hybridized carbons (Fsp3) is 0.917. The molecule has 1 heterocycles. The summed E-state index contributed by atoms with van der Waals surface area (Å²) in [5.74, 6) is 0.0905. The van der Waals surface area contributed by atoms with Crippen LogP contribution in [0.25, 0.3) is 0 Å². The highest BCUT2D eigenvalue weighted by molar-refractivity contribution is 6.30. The van der Waals surface area contributed by atoms with Crippen LogP contribution in [0.15, 0.2) is 0 Å². The van der Waals surface area contributed by atoms with Gasteiger partial charge in [0, 0.05) is 32.2 Å². The summed E-state index contributed by atoms with van der Waals surface area (Å²) in [6.45, 7) is 5.52. The van der Waals surface area contributed by atoms with Crippen LogP contribution in [-0.4, -0.2) is 53.3 Å². The van der Waals surface area contributed by atoms with E-state index in [1.807, 2.05) is 4.90 Å². The highest BCUT2D eigenvalue weighted by Crippen LogP contribution is 2.24. The number of carbonyl (C=O) groups excluding carboxylic acids is 1. The minimum Gasteiger partial charge on any atom is -0.339 e. The van der Waals surface area contributed by atoms with Crippen molar-refractivity contribution in [3.05, 3.63) is 0 Å². The van der Waals surface area contributed by atoms with Crippen molar-refractivity contribution in [3.8, 4) is 0 Å². The van der Waals surface area contributed by atoms with E-state index < -0.39 is 0 Å². The van der Waals surface area contributed by atoms with Crippen molar-refractivity contribution < 1.29 is 4.79 Å². The molecule has 2 aliphatic rings. The van der Waals surface area contributed by atoms with Crippen LogP contribution in [0.5, 0.6) is 0 Å². The zero-order chi connectivity index (χ0) is 11.5. The van der Waals surface area contributed by atoms with Crippen molar-refractivity contribution in [1.29, 1.82) is 0 Å². The van der Waals surface area contributed by atoms with Gasteiger partial charge in [-0.25, -0.2) is 0 Å². The molecule has 1 aliphatic carbocycles. The molecule has 1 unspecified atom stereocenters. The van der Waals surface area contributed by atoms with Gasteiger partial charge < -0.3 is 4.90 Å². The number of carbonyl (C=O) groups is 1. The molecule has 0 spiro atoms. The summed E-state index contributed by atoms with van der Waals surface area (Å²) in [4.78, 5) is 16.2. The quantitative estimate of drug-likeness (QED) is 0.691. The van der Waals surface area contributed by atoms with Gasteiger partial charge in [-0.3, -0.25) is 9.69 Å². The maximum atomic E-state index is 11.7. The van der Waals surface area contributed by atoms with Crippen molar-refractivity contribution >= 4 is 17.5 Å². The molecule has 16 heavy (non-hydrogen) atoms. The van der Waals surface area contributed by atoms with E-state index in [2.05, 4.69) is 4.90 Å². The number of amides is 1. The number of hydrogen-bond acceptors (Lipinski definition) is 2. The Morgan fingerprint density at radius 1 is 1.19 bits per heavy atom. The third-order valence-electron chi connectivity index (χ3n) is 3.81. The minimum atomic E-state index is -0.377. The number of rotatable bonds is 2. The van der Waals surface area contributed by atoms with Crippen LogP contribution in [0.4, 0.5) is 0 Å². The first-order valence-electron chi connectivity index (χ1n) is 6.35. The molecule has 0 radical (unpaired) electrons. The molecule has 1 aliphatic heterocycles. The first kappa shape index (κ1) is 12.2. The number of halogens is 1. The Kier molecular flexibility index (Phi) is 4.09. The van der Waals surface area contributed by atoms with Crippen molar-refractivity contribution in [2.75, 3.05) is 26.2 Å². The molecule has 1 saturated heterocycles. The van der Waals surface area contributed by atoms with Crippen LogP contribution >= 0.6 is 11.6 Å². The molecular formula is C12H21ClN2O. The van der Waals surface area contributed by atoms with Crippen molar-refractivity contribution in [2.45, 2.75) is 44.0 Å². The molecule has 4 heteroatoms. The van der Waals surface area contributed by atoms with Gasteiger partial charge in [-0.2, -0.15) is 0 Å². The Morgan fingerprint density at radius 2 is 1.75 bits per heavy atom. The predicted molar refractivity (Wildman–Crippen MR) is 65.7 cm³/mol. The van der Waals surface area contributed by atoms with Gasteiger partial charge in [0.15, 0.2) is 0 Å². The molecule has 3 nitrogen and oxygen atoms in total. The van der Waals surface area contributed by atoms with Crippen LogP contribution in [0.2, 0.25) is 0 Å². The average Bonchev–Trinajstić information content (AvgIpc) is 2.81. The number of piperazine rings is 1. The van der Waals surface area contributed by atoms with Gasteiger partial charge in [-0.1, -0.05) is 12.8 Å². The molecule has 0 N–H and O–H groups in total. The van der Waals surface area contributed by atoms with E-state index in [9.17, 15) is 4.79 Å². The summed E-state index contributed by atoms with van der Waals surface area (Å²) in [6, 6.07) is 0.783. The molecule has 2 rings (SSSR count). The maximum Gasteiger partial charge on any atom is 0.240 e. The number of nitrogens with zero attached hydrogens (tertiary/aromatic N) is 2. The third kappa shape index (κ3) is 2.69. The number of hydrogen-bond donors (Lipinski definition) is 0. The fourth-order valence-electron chi connectivity index (χ4n) is 2.83. The lowest BCUT2D eigenvalue weighted by molar-refractivity contribution is -0.132. The summed E-state index contributed by atoms with van der Waals surface area (Å²) in [5, 5.41) is -0.377. The van der Waals surface area contributed by atoms with E-state index in [-0.39, 0.29) is 11.3 Å². The molecule has 1 amide bonds. The average molecular weight is 245 g/mol. The topological polar surface area (TPSA) is 23.6 Å². The molecule has 92 valence electrons. The summed E-state index contributed by atoms with van der Waals surface area (Å²) in [6.07, 6.45) is 5.45. The normalized spacial score (nSPS) is 26.0. The van der Waals surface area contributed by atoms with Gasteiger partial charge in [0.2, 0.25) is 5.91 Å². The molecule has 0 bridgehead atoms.